The van der Waals surface area contributed by atoms with Crippen molar-refractivity contribution in [1.29, 1.82) is 0 Å². The second-order valence-electron chi connectivity index (χ2n) is 18.0. The van der Waals surface area contributed by atoms with Crippen LogP contribution in [0.3, 0.4) is 0 Å². The topological polar surface area (TPSA) is 6.48 Å². The molecule has 1 aliphatic carbocycles. The highest BCUT2D eigenvalue weighted by molar-refractivity contribution is 5.84. The van der Waals surface area contributed by atoms with Gasteiger partial charge in [-0.15, -0.1) is 0 Å². The molecule has 6 rings (SSSR count). The summed E-state index contributed by atoms with van der Waals surface area (Å²) in [5.41, 5.74) is 21.9. The molecule has 0 heterocycles. The molecule has 0 amide bonds. The maximum Gasteiger partial charge on any atom is 0.0520 e. The van der Waals surface area contributed by atoms with E-state index in [-0.39, 0.29) is 5.41 Å². The third-order valence-corrected chi connectivity index (χ3v) is 11.9. The Balaban J connectivity index is 1.42. The van der Waals surface area contributed by atoms with Crippen molar-refractivity contribution in [3.05, 3.63) is 171 Å². The van der Waals surface area contributed by atoms with Crippen LogP contribution in [0.5, 0.6) is 0 Å². The number of anilines is 5. The van der Waals surface area contributed by atoms with Gasteiger partial charge in [-0.05, 0) is 188 Å². The van der Waals surface area contributed by atoms with Gasteiger partial charge in [-0.2, -0.15) is 0 Å². The van der Waals surface area contributed by atoms with Crippen molar-refractivity contribution in [3.8, 4) is 11.1 Å². The van der Waals surface area contributed by atoms with Gasteiger partial charge in [-0.3, -0.25) is 0 Å². The molecule has 0 saturated heterocycles. The van der Waals surface area contributed by atoms with Gasteiger partial charge >= 0.3 is 0 Å². The number of allylic oxidation sites excluding steroid dienone is 5. The maximum atomic E-state index is 2.48. The number of aryl methyl sites for hydroxylation is 8. The molecular formula is C56H68N2. The van der Waals surface area contributed by atoms with Crippen molar-refractivity contribution in [2.75, 3.05) is 9.80 Å². The number of benzene rings is 5. The van der Waals surface area contributed by atoms with E-state index in [0.29, 0.717) is 5.92 Å². The van der Waals surface area contributed by atoms with Crippen molar-refractivity contribution >= 4 is 28.4 Å². The molecule has 0 radical (unpaired) electrons. The minimum atomic E-state index is 0.0916. The van der Waals surface area contributed by atoms with Gasteiger partial charge in [0.1, 0.15) is 0 Å². The molecule has 302 valence electrons. The molecule has 5 aromatic carbocycles. The lowest BCUT2D eigenvalue weighted by atomic mass is 9.87. The molecule has 1 aliphatic rings. The van der Waals surface area contributed by atoms with Crippen molar-refractivity contribution in [2.45, 2.75) is 127 Å². The predicted octanol–water partition coefficient (Wildman–Crippen LogP) is 16.4. The summed E-state index contributed by atoms with van der Waals surface area (Å²) in [5, 5.41) is 0. The molecule has 0 bridgehead atoms. The first-order chi connectivity index (χ1) is 27.7. The molecular weight excluding hydrogens is 701 g/mol. The first-order valence-electron chi connectivity index (χ1n) is 21.9. The zero-order chi connectivity index (χ0) is 41.7. The van der Waals surface area contributed by atoms with Crippen molar-refractivity contribution in [2.24, 2.45) is 5.92 Å². The third-order valence-electron chi connectivity index (χ3n) is 11.9. The van der Waals surface area contributed by atoms with Crippen LogP contribution in [0.15, 0.2) is 121 Å². The lowest BCUT2D eigenvalue weighted by Crippen LogP contribution is -2.18. The van der Waals surface area contributed by atoms with E-state index < -0.39 is 0 Å². The summed E-state index contributed by atoms with van der Waals surface area (Å²) < 4.78 is 0. The van der Waals surface area contributed by atoms with Gasteiger partial charge in [0, 0.05) is 22.8 Å². The average molecular weight is 769 g/mol. The summed E-state index contributed by atoms with van der Waals surface area (Å²) in [7, 11) is 0. The van der Waals surface area contributed by atoms with E-state index in [2.05, 4.69) is 208 Å². The molecule has 0 saturated carbocycles. The third kappa shape index (κ3) is 9.44. The lowest BCUT2D eigenvalue weighted by molar-refractivity contribution is 0.590. The second kappa shape index (κ2) is 18.2. The van der Waals surface area contributed by atoms with Gasteiger partial charge in [0.15, 0.2) is 0 Å². The zero-order valence-corrected chi connectivity index (χ0v) is 37.7. The highest BCUT2D eigenvalue weighted by Gasteiger charge is 2.23. The zero-order valence-electron chi connectivity index (χ0n) is 37.7. The normalized spacial score (nSPS) is 14.1. The number of unbranched alkanes of at least 4 members (excludes halogenated alkanes) is 2. The molecule has 2 nitrogen and oxygen atoms in total. The number of nitrogens with zero attached hydrogens (tertiary/aromatic N) is 2. The van der Waals surface area contributed by atoms with E-state index in [1.807, 2.05) is 0 Å². The minimum absolute atomic E-state index is 0.0916. The maximum absolute atomic E-state index is 2.48. The van der Waals surface area contributed by atoms with Crippen molar-refractivity contribution in [3.63, 3.8) is 0 Å². The second-order valence-corrected chi connectivity index (χ2v) is 18.0. The summed E-state index contributed by atoms with van der Waals surface area (Å²) in [6, 6.07) is 32.9. The molecule has 1 unspecified atom stereocenters. The number of rotatable bonds is 13. The van der Waals surface area contributed by atoms with Gasteiger partial charge in [0.2, 0.25) is 0 Å². The fourth-order valence-corrected chi connectivity index (χ4v) is 8.80. The standard InChI is InChI=1S/C56H68N2/c1-13-15-19-45-32-41(6)54(42(7)33-45)57(48-21-17-18-38(3)22-25-48)50-28-30-52(39(4)36-50)53-31-29-51(37-40(53)5)58(49-26-23-47(24-27-49)56(10,11)12)55-43(8)34-46(20-16-14-2)35-44(55)9/h17-18,21-38H,13-16,19-20H2,1-12H3. The van der Waals surface area contributed by atoms with Gasteiger partial charge in [-0.1, -0.05) is 121 Å². The summed E-state index contributed by atoms with van der Waals surface area (Å²) in [4.78, 5) is 4.95. The highest BCUT2D eigenvalue weighted by atomic mass is 15.2. The lowest BCUT2D eigenvalue weighted by Gasteiger charge is -2.31. The predicted molar refractivity (Wildman–Crippen MR) is 255 cm³/mol. The molecule has 0 fully saturated rings. The average Bonchev–Trinajstić information content (AvgIpc) is 3.39. The molecule has 2 heteroatoms. The Morgan fingerprint density at radius 2 is 0.966 bits per heavy atom. The van der Waals surface area contributed by atoms with Crippen LogP contribution in [0.25, 0.3) is 11.1 Å². The van der Waals surface area contributed by atoms with Crippen LogP contribution in [0.1, 0.15) is 117 Å². The Morgan fingerprint density at radius 3 is 1.41 bits per heavy atom. The largest absolute Gasteiger partial charge is 0.310 e. The molecule has 1 atom stereocenters. The smallest absolute Gasteiger partial charge is 0.0520 e. The van der Waals surface area contributed by atoms with Crippen LogP contribution in [0, 0.1) is 47.5 Å². The van der Waals surface area contributed by atoms with Crippen LogP contribution < -0.4 is 9.80 Å². The van der Waals surface area contributed by atoms with Crippen LogP contribution in [-0.4, -0.2) is 0 Å². The number of hydrogen-bond donors (Lipinski definition) is 0. The Kier molecular flexibility index (Phi) is 13.4. The van der Waals surface area contributed by atoms with E-state index in [0.717, 1.165) is 12.8 Å². The van der Waals surface area contributed by atoms with Crippen LogP contribution in [0.4, 0.5) is 28.4 Å². The molecule has 0 aromatic heterocycles. The fourth-order valence-electron chi connectivity index (χ4n) is 8.80. The van der Waals surface area contributed by atoms with Gasteiger partial charge in [0.25, 0.3) is 0 Å². The summed E-state index contributed by atoms with van der Waals surface area (Å²) in [6.45, 7) is 27.3. The highest BCUT2D eigenvalue weighted by Crippen LogP contribution is 2.43. The van der Waals surface area contributed by atoms with Crippen LogP contribution in [-0.2, 0) is 18.3 Å². The monoisotopic (exact) mass is 769 g/mol. The Labute approximate surface area is 352 Å². The summed E-state index contributed by atoms with van der Waals surface area (Å²) in [6.07, 6.45) is 18.4. The molecule has 5 aromatic rings. The Hall–Kier alpha value is -5.08. The van der Waals surface area contributed by atoms with E-state index in [9.17, 15) is 0 Å². The van der Waals surface area contributed by atoms with Crippen LogP contribution in [0.2, 0.25) is 0 Å². The van der Waals surface area contributed by atoms with Crippen molar-refractivity contribution in [1.82, 2.24) is 0 Å². The summed E-state index contributed by atoms with van der Waals surface area (Å²) in [5.74, 6) is 0.390. The molecule has 0 spiro atoms. The first kappa shape index (κ1) is 42.5. The number of hydrogen-bond acceptors (Lipinski definition) is 2. The van der Waals surface area contributed by atoms with Gasteiger partial charge < -0.3 is 9.80 Å². The van der Waals surface area contributed by atoms with E-state index in [4.69, 9.17) is 0 Å². The Morgan fingerprint density at radius 1 is 0.517 bits per heavy atom. The molecule has 0 aliphatic heterocycles. The fraction of sp³-hybridized carbons (Fsp3) is 0.357. The minimum Gasteiger partial charge on any atom is -0.310 e. The van der Waals surface area contributed by atoms with Crippen molar-refractivity contribution < 1.29 is 0 Å². The quantitative estimate of drug-likeness (QED) is 0.118. The van der Waals surface area contributed by atoms with Gasteiger partial charge in [0.05, 0.1) is 11.4 Å². The summed E-state index contributed by atoms with van der Waals surface area (Å²) >= 11 is 0. The van der Waals surface area contributed by atoms with E-state index >= 15 is 0 Å². The van der Waals surface area contributed by atoms with Crippen LogP contribution >= 0.6 is 0 Å². The SMILES string of the molecule is CCCCc1cc(C)c(N(C2=CC=CC(C)C=C2)c2ccc(-c3ccc(N(c4ccc(C(C)(C)C)cc4)c4c(C)cc(CCCC)cc4C)cc3C)c(C)c2)c(C)c1. The van der Waals surface area contributed by atoms with E-state index in [1.165, 1.54) is 121 Å². The van der Waals surface area contributed by atoms with Gasteiger partial charge in [-0.25, -0.2) is 0 Å². The molecule has 58 heavy (non-hydrogen) atoms. The Bertz CT molecular complexity index is 2280. The molecule has 0 N–H and O–H groups in total. The van der Waals surface area contributed by atoms with E-state index in [1.54, 1.807) is 0 Å². The first-order valence-corrected chi connectivity index (χ1v) is 21.9.